The first-order valence-corrected chi connectivity index (χ1v) is 6.94. The number of amides is 1. The minimum Gasteiger partial charge on any atom is -0.334 e. The predicted molar refractivity (Wildman–Crippen MR) is 74.9 cm³/mol. The van der Waals surface area contributed by atoms with Gasteiger partial charge in [-0.15, -0.1) is 0 Å². The summed E-state index contributed by atoms with van der Waals surface area (Å²) in [4.78, 5) is 13.7. The van der Waals surface area contributed by atoms with Crippen LogP contribution in [0.15, 0.2) is 16.7 Å². The number of halogens is 4. The zero-order valence-electron chi connectivity index (χ0n) is 12.0. The fourth-order valence-electron chi connectivity index (χ4n) is 1.96. The molecule has 0 aliphatic rings. The van der Waals surface area contributed by atoms with Gasteiger partial charge < -0.3 is 4.90 Å². The van der Waals surface area contributed by atoms with Gasteiger partial charge in [0.15, 0.2) is 5.69 Å². The maximum atomic E-state index is 12.8. The van der Waals surface area contributed by atoms with Gasteiger partial charge in [-0.2, -0.15) is 23.4 Å². The molecule has 2 aromatic heterocycles. The van der Waals surface area contributed by atoms with Gasteiger partial charge in [0.1, 0.15) is 5.69 Å². The average Bonchev–Trinajstić information content (AvgIpc) is 2.92. The molecule has 1 amide bonds. The van der Waals surface area contributed by atoms with Crippen molar-refractivity contribution in [2.24, 2.45) is 14.1 Å². The second kappa shape index (κ2) is 5.75. The number of carbonyl (C=O) groups excluding carboxylic acids is 1. The lowest BCUT2D eigenvalue weighted by Gasteiger charge is -2.17. The molecule has 0 fully saturated rings. The molecular formula is C12H13BrF3N5O. The van der Waals surface area contributed by atoms with Crippen molar-refractivity contribution in [3.8, 4) is 0 Å². The molecule has 0 unspecified atom stereocenters. The Bertz CT molecular complexity index is 706. The van der Waals surface area contributed by atoms with E-state index < -0.39 is 17.8 Å². The van der Waals surface area contributed by atoms with Crippen LogP contribution in [0, 0.1) is 0 Å². The smallest absolute Gasteiger partial charge is 0.334 e. The Morgan fingerprint density at radius 3 is 2.45 bits per heavy atom. The van der Waals surface area contributed by atoms with Gasteiger partial charge in [0, 0.05) is 27.3 Å². The Morgan fingerprint density at radius 2 is 2.00 bits per heavy atom. The van der Waals surface area contributed by atoms with Crippen LogP contribution in [0.5, 0.6) is 0 Å². The first kappa shape index (κ1) is 16.5. The molecule has 0 radical (unpaired) electrons. The summed E-state index contributed by atoms with van der Waals surface area (Å²) in [6.45, 7) is 0.217. The highest BCUT2D eigenvalue weighted by Gasteiger charge is 2.39. The Hall–Kier alpha value is -1.84. The van der Waals surface area contributed by atoms with Crippen LogP contribution in [-0.4, -0.2) is 37.4 Å². The van der Waals surface area contributed by atoms with E-state index in [1.165, 1.54) is 19.0 Å². The summed E-state index contributed by atoms with van der Waals surface area (Å²) in [5.74, 6) is -0.571. The topological polar surface area (TPSA) is 56.0 Å². The number of carbonyl (C=O) groups is 1. The fraction of sp³-hybridized carbons (Fsp3) is 0.417. The maximum Gasteiger partial charge on any atom is 0.436 e. The van der Waals surface area contributed by atoms with E-state index in [1.54, 1.807) is 24.0 Å². The Kier molecular flexibility index (Phi) is 4.32. The van der Waals surface area contributed by atoms with Gasteiger partial charge in [-0.3, -0.25) is 14.2 Å². The lowest BCUT2D eigenvalue weighted by molar-refractivity contribution is -0.142. The highest BCUT2D eigenvalue weighted by Crippen LogP contribution is 2.35. The number of aryl methyl sites for hydroxylation is 2. The molecule has 0 saturated heterocycles. The highest BCUT2D eigenvalue weighted by atomic mass is 79.9. The Labute approximate surface area is 132 Å². The standard InChI is InChI=1S/C12H13BrF3N5O/c1-19(6-7-4-5-17-20(7)2)11(22)9-8(13)10(12(14,15)16)18-21(9)3/h4-5H,6H2,1-3H3. The van der Waals surface area contributed by atoms with Crippen LogP contribution in [0.3, 0.4) is 0 Å². The lowest BCUT2D eigenvalue weighted by Crippen LogP contribution is -2.29. The van der Waals surface area contributed by atoms with Gasteiger partial charge in [-0.05, 0) is 22.0 Å². The number of rotatable bonds is 3. The summed E-state index contributed by atoms with van der Waals surface area (Å²) in [5, 5.41) is 7.36. The van der Waals surface area contributed by atoms with Crippen molar-refractivity contribution in [2.75, 3.05) is 7.05 Å². The summed E-state index contributed by atoms with van der Waals surface area (Å²) in [7, 11) is 4.52. The molecule has 0 N–H and O–H groups in total. The zero-order valence-corrected chi connectivity index (χ0v) is 13.6. The van der Waals surface area contributed by atoms with Gasteiger partial charge in [0.2, 0.25) is 0 Å². The van der Waals surface area contributed by atoms with Crippen LogP contribution in [0.4, 0.5) is 13.2 Å². The van der Waals surface area contributed by atoms with Gasteiger partial charge in [0.25, 0.3) is 5.91 Å². The molecule has 2 rings (SSSR count). The van der Waals surface area contributed by atoms with E-state index in [-0.39, 0.29) is 16.7 Å². The number of hydrogen-bond donors (Lipinski definition) is 0. The second-order valence-corrected chi connectivity index (χ2v) is 5.53. The molecule has 0 aliphatic carbocycles. The summed E-state index contributed by atoms with van der Waals surface area (Å²) >= 11 is 2.83. The number of nitrogens with zero attached hydrogens (tertiary/aromatic N) is 5. The minimum atomic E-state index is -4.63. The van der Waals surface area contributed by atoms with E-state index in [2.05, 4.69) is 26.1 Å². The zero-order chi connectivity index (χ0) is 16.7. The molecule has 0 atom stereocenters. The van der Waals surface area contributed by atoms with Crippen LogP contribution >= 0.6 is 15.9 Å². The largest absolute Gasteiger partial charge is 0.436 e. The monoisotopic (exact) mass is 379 g/mol. The maximum absolute atomic E-state index is 12.8. The fourth-order valence-corrected chi connectivity index (χ4v) is 2.69. The van der Waals surface area contributed by atoms with Crippen LogP contribution in [-0.2, 0) is 26.8 Å². The molecule has 0 aliphatic heterocycles. The van der Waals surface area contributed by atoms with E-state index in [0.717, 1.165) is 10.4 Å². The van der Waals surface area contributed by atoms with Gasteiger partial charge in [-0.25, -0.2) is 0 Å². The molecule has 2 heterocycles. The van der Waals surface area contributed by atoms with Crippen molar-refractivity contribution < 1.29 is 18.0 Å². The van der Waals surface area contributed by atoms with E-state index in [1.807, 2.05) is 0 Å². The second-order valence-electron chi connectivity index (χ2n) is 4.74. The third kappa shape index (κ3) is 3.01. The highest BCUT2D eigenvalue weighted by molar-refractivity contribution is 9.10. The molecule has 2 aromatic rings. The van der Waals surface area contributed by atoms with Crippen LogP contribution in [0.25, 0.3) is 0 Å². The van der Waals surface area contributed by atoms with E-state index >= 15 is 0 Å². The molecular weight excluding hydrogens is 367 g/mol. The quantitative estimate of drug-likeness (QED) is 0.821. The third-order valence-electron chi connectivity index (χ3n) is 3.13. The van der Waals surface area contributed by atoms with Crippen molar-refractivity contribution in [2.45, 2.75) is 12.7 Å². The number of alkyl halides is 3. The summed E-state index contributed by atoms with van der Waals surface area (Å²) in [6.07, 6.45) is -3.05. The first-order chi connectivity index (χ1) is 10.1. The van der Waals surface area contributed by atoms with Crippen molar-refractivity contribution in [3.63, 3.8) is 0 Å². The molecule has 0 aromatic carbocycles. The third-order valence-corrected chi connectivity index (χ3v) is 3.88. The van der Waals surface area contributed by atoms with E-state index in [0.29, 0.717) is 0 Å². The molecule has 10 heteroatoms. The minimum absolute atomic E-state index is 0.156. The van der Waals surface area contributed by atoms with Crippen LogP contribution in [0.1, 0.15) is 21.9 Å². The van der Waals surface area contributed by atoms with Gasteiger partial charge in [0.05, 0.1) is 16.7 Å². The van der Waals surface area contributed by atoms with Crippen LogP contribution < -0.4 is 0 Å². The summed E-state index contributed by atoms with van der Waals surface area (Å²) in [6, 6.07) is 1.73. The lowest BCUT2D eigenvalue weighted by atomic mass is 10.3. The molecule has 120 valence electrons. The average molecular weight is 380 g/mol. The Balaban J connectivity index is 2.30. The van der Waals surface area contributed by atoms with Crippen LogP contribution in [0.2, 0.25) is 0 Å². The van der Waals surface area contributed by atoms with Crippen molar-refractivity contribution >= 4 is 21.8 Å². The summed E-state index contributed by atoms with van der Waals surface area (Å²) in [5.41, 5.74) is -0.519. The SMILES string of the molecule is CN(Cc1ccnn1C)C(=O)c1c(Br)c(C(F)(F)F)nn1C. The number of aromatic nitrogens is 4. The number of hydrogen-bond acceptors (Lipinski definition) is 3. The van der Waals surface area contributed by atoms with E-state index in [9.17, 15) is 18.0 Å². The molecule has 0 saturated carbocycles. The molecule has 6 nitrogen and oxygen atoms in total. The molecule has 0 spiro atoms. The predicted octanol–water partition coefficient (Wildman–Crippen LogP) is 2.21. The summed E-state index contributed by atoms with van der Waals surface area (Å²) < 4.78 is 40.6. The van der Waals surface area contributed by atoms with E-state index in [4.69, 9.17) is 0 Å². The van der Waals surface area contributed by atoms with Gasteiger partial charge >= 0.3 is 6.18 Å². The van der Waals surface area contributed by atoms with Crippen molar-refractivity contribution in [1.82, 2.24) is 24.5 Å². The van der Waals surface area contributed by atoms with Crippen molar-refractivity contribution in [3.05, 3.63) is 33.8 Å². The first-order valence-electron chi connectivity index (χ1n) is 6.15. The Morgan fingerprint density at radius 1 is 1.36 bits per heavy atom. The molecule has 22 heavy (non-hydrogen) atoms. The van der Waals surface area contributed by atoms with Crippen molar-refractivity contribution in [1.29, 1.82) is 0 Å². The van der Waals surface area contributed by atoms with Gasteiger partial charge in [-0.1, -0.05) is 0 Å². The normalized spacial score (nSPS) is 11.8. The molecule has 0 bridgehead atoms.